The van der Waals surface area contributed by atoms with Gasteiger partial charge in [-0.15, -0.1) is 0 Å². The van der Waals surface area contributed by atoms with Crippen LogP contribution in [0.1, 0.15) is 13.5 Å². The predicted octanol–water partition coefficient (Wildman–Crippen LogP) is 1.85. The van der Waals surface area contributed by atoms with Gasteiger partial charge in [0.15, 0.2) is 0 Å². The van der Waals surface area contributed by atoms with Crippen molar-refractivity contribution in [3.05, 3.63) is 17.9 Å². The zero-order chi connectivity index (χ0) is 9.14. The molecule has 0 amide bonds. The Morgan fingerprint density at radius 2 is 2.55 bits per heavy atom. The Balaban J connectivity index is 2.58. The van der Waals surface area contributed by atoms with Crippen molar-refractivity contribution in [2.75, 3.05) is 0 Å². The molecule has 1 heterocycles. The molecule has 0 fully saturated rings. The first kappa shape index (κ1) is 6.76. The van der Waals surface area contributed by atoms with E-state index in [1.54, 1.807) is 6.92 Å². The second kappa shape index (κ2) is 3.46. The summed E-state index contributed by atoms with van der Waals surface area (Å²) in [6.45, 7) is 1.88. The second-order valence-electron chi connectivity index (χ2n) is 2.28. The summed E-state index contributed by atoms with van der Waals surface area (Å²) < 4.78 is 32.2. The molecule has 0 aliphatic carbocycles. The number of halogens is 2. The summed E-state index contributed by atoms with van der Waals surface area (Å²) in [6.07, 6.45) is -1.15. The largest absolute Gasteiger partial charge is 0.270 e. The van der Waals surface area contributed by atoms with Crippen LogP contribution in [0, 0.1) is 6.92 Å². The van der Waals surface area contributed by atoms with Crippen LogP contribution in [0.25, 0.3) is 0 Å². The molecule has 0 N–H and O–H groups in total. The van der Waals surface area contributed by atoms with Gasteiger partial charge in [0.05, 0.1) is 1.37 Å². The Morgan fingerprint density at radius 1 is 1.82 bits per heavy atom. The summed E-state index contributed by atoms with van der Waals surface area (Å²) in [5, 5.41) is 3.78. The van der Waals surface area contributed by atoms with E-state index >= 15 is 0 Å². The number of aromatic nitrogens is 2. The van der Waals surface area contributed by atoms with Crippen molar-refractivity contribution in [3.63, 3.8) is 0 Å². The fraction of sp³-hybridized carbons (Fsp3) is 0.571. The Bertz CT molecular complexity index is 260. The Labute approximate surface area is 65.2 Å². The number of alkyl halides is 2. The summed E-state index contributed by atoms with van der Waals surface area (Å²) in [7, 11) is 0. The van der Waals surface area contributed by atoms with Crippen molar-refractivity contribution in [2.24, 2.45) is 0 Å². The van der Waals surface area contributed by atoms with Crippen molar-refractivity contribution in [1.29, 1.82) is 0 Å². The van der Waals surface area contributed by atoms with Gasteiger partial charge in [-0.1, -0.05) is 0 Å². The minimum absolute atomic E-state index is 0.183. The highest BCUT2D eigenvalue weighted by Crippen LogP contribution is 2.03. The van der Waals surface area contributed by atoms with Crippen LogP contribution in [-0.4, -0.2) is 16.2 Å². The second-order valence-corrected chi connectivity index (χ2v) is 2.28. The summed E-state index contributed by atoms with van der Waals surface area (Å²) >= 11 is 0. The molecule has 0 aliphatic rings. The van der Waals surface area contributed by atoms with Crippen LogP contribution < -0.4 is 0 Å². The number of hydrogen-bond donors (Lipinski definition) is 0. The van der Waals surface area contributed by atoms with Gasteiger partial charge in [0.1, 0.15) is 0 Å². The lowest BCUT2D eigenvalue weighted by Crippen LogP contribution is -2.05. The number of rotatable bonds is 3. The highest BCUT2D eigenvalue weighted by atomic mass is 19.3. The van der Waals surface area contributed by atoms with E-state index in [0.29, 0.717) is 11.7 Å². The molecule has 0 aliphatic heterocycles. The minimum atomic E-state index is -2.30. The van der Waals surface area contributed by atoms with Crippen LogP contribution in [-0.2, 0) is 6.54 Å². The van der Waals surface area contributed by atoms with Crippen LogP contribution in [0.15, 0.2) is 12.2 Å². The van der Waals surface area contributed by atoms with Crippen molar-refractivity contribution >= 4 is 0 Å². The summed E-state index contributed by atoms with van der Waals surface area (Å²) in [6, 6.07) is 0.296. The molecular formula is C7H10F2N2. The number of aryl methyl sites for hydroxylation is 1. The predicted molar refractivity (Wildman–Crippen MR) is 37.6 cm³/mol. The molecule has 4 heteroatoms. The molecule has 0 saturated carbocycles. The van der Waals surface area contributed by atoms with E-state index in [1.165, 1.54) is 10.9 Å². The molecule has 1 rings (SSSR count). The maximum Gasteiger partial charge on any atom is 0.240 e. The van der Waals surface area contributed by atoms with Gasteiger partial charge in [-0.05, 0) is 13.0 Å². The zero-order valence-corrected chi connectivity index (χ0v) is 6.22. The molecule has 0 unspecified atom stereocenters. The summed E-state index contributed by atoms with van der Waals surface area (Å²) in [5.41, 5.74) is 0.635. The van der Waals surface area contributed by atoms with E-state index in [9.17, 15) is 8.78 Å². The number of nitrogens with zero attached hydrogens (tertiary/aromatic N) is 2. The van der Waals surface area contributed by atoms with E-state index in [4.69, 9.17) is 1.37 Å². The van der Waals surface area contributed by atoms with Crippen molar-refractivity contribution < 1.29 is 10.2 Å². The monoisotopic (exact) mass is 161 g/mol. The SMILES string of the molecule is [2H]c1cnn(CCC(F)F)c1C. The van der Waals surface area contributed by atoms with E-state index in [-0.39, 0.29) is 13.0 Å². The highest BCUT2D eigenvalue weighted by molar-refractivity contribution is 4.96. The Kier molecular flexibility index (Phi) is 2.13. The third-order valence-electron chi connectivity index (χ3n) is 1.42. The molecule has 1 aromatic rings. The molecule has 0 bridgehead atoms. The third-order valence-corrected chi connectivity index (χ3v) is 1.42. The van der Waals surface area contributed by atoms with E-state index in [0.717, 1.165) is 0 Å². The van der Waals surface area contributed by atoms with Gasteiger partial charge < -0.3 is 0 Å². The van der Waals surface area contributed by atoms with Crippen molar-refractivity contribution in [2.45, 2.75) is 26.3 Å². The Morgan fingerprint density at radius 3 is 3.00 bits per heavy atom. The van der Waals surface area contributed by atoms with Crippen molar-refractivity contribution in [3.8, 4) is 0 Å². The molecule has 0 aromatic carbocycles. The molecule has 0 atom stereocenters. The third kappa shape index (κ3) is 2.29. The molecule has 0 saturated heterocycles. The molecule has 0 spiro atoms. The van der Waals surface area contributed by atoms with Crippen LogP contribution in [0.4, 0.5) is 8.78 Å². The first-order valence-electron chi connectivity index (χ1n) is 3.88. The molecular weight excluding hydrogens is 150 g/mol. The van der Waals surface area contributed by atoms with E-state index in [1.807, 2.05) is 0 Å². The highest BCUT2D eigenvalue weighted by Gasteiger charge is 2.03. The van der Waals surface area contributed by atoms with Gasteiger partial charge >= 0.3 is 0 Å². The summed E-state index contributed by atoms with van der Waals surface area (Å²) in [5.74, 6) is 0. The summed E-state index contributed by atoms with van der Waals surface area (Å²) in [4.78, 5) is 0. The lowest BCUT2D eigenvalue weighted by atomic mass is 10.4. The standard InChI is InChI=1S/C7H10F2N2/c1-6-2-4-10-11(6)5-3-7(8)9/h2,4,7H,3,5H2,1H3/i2D. The molecule has 2 nitrogen and oxygen atoms in total. The van der Waals surface area contributed by atoms with Crippen LogP contribution in [0.5, 0.6) is 0 Å². The van der Waals surface area contributed by atoms with E-state index in [2.05, 4.69) is 5.10 Å². The fourth-order valence-electron chi connectivity index (χ4n) is 0.798. The average Bonchev–Trinajstić information content (AvgIpc) is 2.30. The van der Waals surface area contributed by atoms with Gasteiger partial charge in [-0.2, -0.15) is 5.10 Å². The number of hydrogen-bond acceptors (Lipinski definition) is 1. The van der Waals surface area contributed by atoms with Crippen LogP contribution in [0.3, 0.4) is 0 Å². The molecule has 11 heavy (non-hydrogen) atoms. The fourth-order valence-corrected chi connectivity index (χ4v) is 0.798. The van der Waals surface area contributed by atoms with Gasteiger partial charge in [-0.25, -0.2) is 8.78 Å². The normalized spacial score (nSPS) is 12.2. The molecule has 1 aromatic heterocycles. The topological polar surface area (TPSA) is 17.8 Å². The zero-order valence-electron chi connectivity index (χ0n) is 7.22. The van der Waals surface area contributed by atoms with Crippen LogP contribution in [0.2, 0.25) is 0 Å². The van der Waals surface area contributed by atoms with Gasteiger partial charge in [-0.3, -0.25) is 4.68 Å². The van der Waals surface area contributed by atoms with Gasteiger partial charge in [0.25, 0.3) is 0 Å². The lowest BCUT2D eigenvalue weighted by molar-refractivity contribution is 0.129. The van der Waals surface area contributed by atoms with Gasteiger partial charge in [0.2, 0.25) is 6.43 Å². The maximum atomic E-state index is 11.8. The maximum absolute atomic E-state index is 11.8. The van der Waals surface area contributed by atoms with Crippen molar-refractivity contribution in [1.82, 2.24) is 9.78 Å². The Hall–Kier alpha value is -0.930. The smallest absolute Gasteiger partial charge is 0.240 e. The quantitative estimate of drug-likeness (QED) is 0.661. The van der Waals surface area contributed by atoms with E-state index < -0.39 is 6.43 Å². The lowest BCUT2D eigenvalue weighted by Gasteiger charge is -2.02. The first-order chi connectivity index (χ1) is 5.61. The molecule has 0 radical (unpaired) electrons. The molecule has 62 valence electrons. The first-order valence-corrected chi connectivity index (χ1v) is 3.38. The minimum Gasteiger partial charge on any atom is -0.270 e. The van der Waals surface area contributed by atoms with Gasteiger partial charge in [0, 0.05) is 24.9 Å². The van der Waals surface area contributed by atoms with Crippen LogP contribution >= 0.6 is 0 Å². The average molecular weight is 161 g/mol.